The summed E-state index contributed by atoms with van der Waals surface area (Å²) in [4.78, 5) is 15.9. The van der Waals surface area contributed by atoms with E-state index in [2.05, 4.69) is 32.9 Å². The topological polar surface area (TPSA) is 46.9 Å². The predicted molar refractivity (Wildman–Crippen MR) is 71.4 cm³/mol. The highest BCUT2D eigenvalue weighted by Gasteiger charge is 2.08. The highest BCUT2D eigenvalue weighted by molar-refractivity contribution is 14.1. The van der Waals surface area contributed by atoms with Crippen LogP contribution in [-0.2, 0) is 13.6 Å². The molecule has 6 heteroatoms. The molecule has 0 saturated carbocycles. The number of imidazole rings is 1. The van der Waals surface area contributed by atoms with Gasteiger partial charge in [0.15, 0.2) is 0 Å². The monoisotopic (exact) mass is 347 g/mol. The highest BCUT2D eigenvalue weighted by Crippen LogP contribution is 2.16. The van der Waals surface area contributed by atoms with Gasteiger partial charge in [-0.2, -0.15) is 0 Å². The van der Waals surface area contributed by atoms with Gasteiger partial charge in [-0.1, -0.05) is 0 Å². The Hall–Kier alpha value is -0.890. The molecule has 0 radical (unpaired) electrons. The molecule has 1 N–H and O–H groups in total. The first-order valence-electron chi connectivity index (χ1n) is 4.65. The van der Waals surface area contributed by atoms with E-state index in [1.807, 2.05) is 29.3 Å². The third-order valence-corrected chi connectivity index (χ3v) is 3.95. The second kappa shape index (κ2) is 4.96. The highest BCUT2D eigenvalue weighted by atomic mass is 127. The van der Waals surface area contributed by atoms with Gasteiger partial charge in [-0.15, -0.1) is 11.3 Å². The molecule has 0 saturated heterocycles. The molecule has 0 bridgehead atoms. The van der Waals surface area contributed by atoms with Crippen molar-refractivity contribution in [3.05, 3.63) is 38.1 Å². The molecule has 2 rings (SSSR count). The van der Waals surface area contributed by atoms with Crippen LogP contribution in [0.3, 0.4) is 0 Å². The Morgan fingerprint density at radius 3 is 3.06 bits per heavy atom. The van der Waals surface area contributed by atoms with Crippen molar-refractivity contribution < 1.29 is 4.79 Å². The zero-order valence-corrected chi connectivity index (χ0v) is 11.6. The number of thiophene rings is 1. The average molecular weight is 347 g/mol. The lowest BCUT2D eigenvalue weighted by molar-refractivity contribution is 0.0950. The summed E-state index contributed by atoms with van der Waals surface area (Å²) in [5.74, 6) is 0.792. The van der Waals surface area contributed by atoms with E-state index in [1.165, 1.54) is 0 Å². The van der Waals surface area contributed by atoms with Crippen molar-refractivity contribution in [2.24, 2.45) is 7.05 Å². The fraction of sp³-hybridized carbons (Fsp3) is 0.200. The van der Waals surface area contributed by atoms with Crippen molar-refractivity contribution in [2.45, 2.75) is 6.54 Å². The Kier molecular flexibility index (Phi) is 3.59. The number of nitrogens with one attached hydrogen (secondary N) is 1. The van der Waals surface area contributed by atoms with Gasteiger partial charge in [-0.3, -0.25) is 4.79 Å². The average Bonchev–Trinajstić information content (AvgIpc) is 2.84. The van der Waals surface area contributed by atoms with Crippen LogP contribution in [-0.4, -0.2) is 15.5 Å². The number of halogens is 1. The minimum absolute atomic E-state index is 0.0535. The lowest BCUT2D eigenvalue weighted by atomic mass is 10.3. The van der Waals surface area contributed by atoms with E-state index in [0.29, 0.717) is 12.1 Å². The fourth-order valence-corrected chi connectivity index (χ4v) is 2.58. The number of nitrogens with zero attached hydrogens (tertiary/aromatic N) is 2. The van der Waals surface area contributed by atoms with Gasteiger partial charge in [0.05, 0.1) is 15.0 Å². The van der Waals surface area contributed by atoms with Gasteiger partial charge in [0, 0.05) is 24.8 Å². The number of hydrogen-bond donors (Lipinski definition) is 1. The van der Waals surface area contributed by atoms with E-state index in [-0.39, 0.29) is 5.91 Å². The quantitative estimate of drug-likeness (QED) is 0.864. The number of aromatic nitrogens is 2. The van der Waals surface area contributed by atoms with E-state index in [0.717, 1.165) is 8.71 Å². The molecule has 2 heterocycles. The number of carbonyl (C=O) groups is 1. The van der Waals surface area contributed by atoms with Crippen molar-refractivity contribution in [3.8, 4) is 0 Å². The molecular formula is C10H10IN3OS. The Balaban J connectivity index is 1.96. The molecule has 0 aliphatic carbocycles. The van der Waals surface area contributed by atoms with Crippen LogP contribution in [0, 0.1) is 2.88 Å². The number of aryl methyl sites for hydroxylation is 1. The molecule has 0 aliphatic rings. The van der Waals surface area contributed by atoms with Gasteiger partial charge in [0.25, 0.3) is 5.91 Å². The third-order valence-electron chi connectivity index (χ3n) is 2.16. The first kappa shape index (κ1) is 11.6. The summed E-state index contributed by atoms with van der Waals surface area (Å²) in [6, 6.07) is 1.87. The van der Waals surface area contributed by atoms with Gasteiger partial charge in [0.1, 0.15) is 5.82 Å². The van der Waals surface area contributed by atoms with Crippen LogP contribution < -0.4 is 5.32 Å². The van der Waals surface area contributed by atoms with Crippen LogP contribution in [0.15, 0.2) is 23.8 Å². The lowest BCUT2D eigenvalue weighted by Crippen LogP contribution is -2.23. The molecule has 0 atom stereocenters. The second-order valence-electron chi connectivity index (χ2n) is 3.28. The van der Waals surface area contributed by atoms with Crippen LogP contribution in [0.25, 0.3) is 0 Å². The molecule has 0 aromatic carbocycles. The third kappa shape index (κ3) is 2.62. The number of rotatable bonds is 3. The molecule has 16 heavy (non-hydrogen) atoms. The standard InChI is InChI=1S/C10H10IN3OS/c1-14-3-2-12-9(14)5-13-10(15)7-4-8(11)16-6-7/h2-4,6H,5H2,1H3,(H,13,15). The van der Waals surface area contributed by atoms with Crippen LogP contribution >= 0.6 is 33.9 Å². The van der Waals surface area contributed by atoms with Crippen LogP contribution in [0.5, 0.6) is 0 Å². The molecule has 1 amide bonds. The molecule has 0 unspecified atom stereocenters. The van der Waals surface area contributed by atoms with Crippen molar-refractivity contribution >= 4 is 39.8 Å². The molecule has 0 aliphatic heterocycles. The molecule has 0 fully saturated rings. The molecule has 2 aromatic heterocycles. The summed E-state index contributed by atoms with van der Waals surface area (Å²) in [5.41, 5.74) is 0.712. The van der Waals surface area contributed by atoms with E-state index >= 15 is 0 Å². The first-order valence-corrected chi connectivity index (χ1v) is 6.61. The van der Waals surface area contributed by atoms with Crippen molar-refractivity contribution in [2.75, 3.05) is 0 Å². The summed E-state index contributed by atoms with van der Waals surface area (Å²) < 4.78 is 3.00. The van der Waals surface area contributed by atoms with E-state index < -0.39 is 0 Å². The Morgan fingerprint density at radius 2 is 2.50 bits per heavy atom. The van der Waals surface area contributed by atoms with Crippen molar-refractivity contribution in [3.63, 3.8) is 0 Å². The zero-order valence-electron chi connectivity index (χ0n) is 8.61. The van der Waals surface area contributed by atoms with E-state index in [1.54, 1.807) is 17.5 Å². The van der Waals surface area contributed by atoms with E-state index in [9.17, 15) is 4.79 Å². The van der Waals surface area contributed by atoms with Crippen molar-refractivity contribution in [1.29, 1.82) is 0 Å². The normalized spacial score (nSPS) is 10.4. The first-order chi connectivity index (χ1) is 7.66. The Bertz CT molecular complexity index is 506. The Labute approximate surface area is 111 Å². The largest absolute Gasteiger partial charge is 0.345 e. The zero-order chi connectivity index (χ0) is 11.5. The fourth-order valence-electron chi connectivity index (χ4n) is 1.26. The predicted octanol–water partition coefficient (Wildman–Crippen LogP) is 2.02. The minimum Gasteiger partial charge on any atom is -0.345 e. The maximum absolute atomic E-state index is 11.7. The smallest absolute Gasteiger partial charge is 0.252 e. The number of amides is 1. The van der Waals surface area contributed by atoms with Gasteiger partial charge in [0.2, 0.25) is 0 Å². The molecule has 2 aromatic rings. The van der Waals surface area contributed by atoms with Crippen molar-refractivity contribution in [1.82, 2.24) is 14.9 Å². The van der Waals surface area contributed by atoms with Crippen LogP contribution in [0.1, 0.15) is 16.2 Å². The van der Waals surface area contributed by atoms with Gasteiger partial charge < -0.3 is 9.88 Å². The summed E-state index contributed by atoms with van der Waals surface area (Å²) >= 11 is 3.76. The summed E-state index contributed by atoms with van der Waals surface area (Å²) in [6.45, 7) is 0.453. The summed E-state index contributed by atoms with van der Waals surface area (Å²) in [5, 5.41) is 4.69. The molecule has 84 valence electrons. The molecule has 4 nitrogen and oxygen atoms in total. The van der Waals surface area contributed by atoms with Gasteiger partial charge in [-0.05, 0) is 28.7 Å². The summed E-state index contributed by atoms with van der Waals surface area (Å²) in [6.07, 6.45) is 3.57. The van der Waals surface area contributed by atoms with Gasteiger partial charge >= 0.3 is 0 Å². The maximum atomic E-state index is 11.7. The minimum atomic E-state index is -0.0535. The van der Waals surface area contributed by atoms with Crippen LogP contribution in [0.2, 0.25) is 0 Å². The van der Waals surface area contributed by atoms with Gasteiger partial charge in [-0.25, -0.2) is 4.98 Å². The molecular weight excluding hydrogens is 337 g/mol. The second-order valence-corrected chi connectivity index (χ2v) is 6.08. The molecule has 0 spiro atoms. The van der Waals surface area contributed by atoms with E-state index in [4.69, 9.17) is 0 Å². The summed E-state index contributed by atoms with van der Waals surface area (Å²) in [7, 11) is 1.90. The lowest BCUT2D eigenvalue weighted by Gasteiger charge is -2.03. The number of hydrogen-bond acceptors (Lipinski definition) is 3. The maximum Gasteiger partial charge on any atom is 0.252 e. The Morgan fingerprint density at radius 1 is 1.69 bits per heavy atom. The SMILES string of the molecule is Cn1ccnc1CNC(=O)c1csc(I)c1. The van der Waals surface area contributed by atoms with Crippen LogP contribution in [0.4, 0.5) is 0 Å². The number of carbonyl (C=O) groups excluding carboxylic acids is 1.